The molecule has 1 aliphatic carbocycles. The Hall–Kier alpha value is -2.86. The Morgan fingerprint density at radius 3 is 1.31 bits per heavy atom. The molecule has 0 fully saturated rings. The third kappa shape index (κ3) is 2.82. The molecule has 1 aliphatic rings. The maximum absolute atomic E-state index is 2.43. The van der Waals surface area contributed by atoms with Crippen molar-refractivity contribution in [3.8, 4) is 0 Å². The van der Waals surface area contributed by atoms with Gasteiger partial charge >= 0.3 is 0 Å². The van der Waals surface area contributed by atoms with E-state index in [0.717, 1.165) is 12.8 Å². The molecular formula is C29H28. The fourth-order valence-electron chi connectivity index (χ4n) is 5.28. The van der Waals surface area contributed by atoms with Gasteiger partial charge in [-0.3, -0.25) is 0 Å². The van der Waals surface area contributed by atoms with E-state index >= 15 is 0 Å². The van der Waals surface area contributed by atoms with Gasteiger partial charge in [0.05, 0.1) is 0 Å². The maximum atomic E-state index is 2.43. The number of hydrogen-bond acceptors (Lipinski definition) is 0. The van der Waals surface area contributed by atoms with Gasteiger partial charge in [-0.15, -0.1) is 0 Å². The second-order valence-electron chi connectivity index (χ2n) is 8.63. The van der Waals surface area contributed by atoms with Crippen molar-refractivity contribution in [2.45, 2.75) is 47.0 Å². The molecule has 4 aromatic carbocycles. The molecule has 0 aromatic heterocycles. The van der Waals surface area contributed by atoms with Crippen LogP contribution in [0, 0.1) is 13.8 Å². The van der Waals surface area contributed by atoms with Crippen LogP contribution in [0.3, 0.4) is 0 Å². The number of benzene rings is 4. The fourth-order valence-corrected chi connectivity index (χ4v) is 5.28. The maximum Gasteiger partial charge on any atom is -0.0106 e. The second kappa shape index (κ2) is 6.88. The first-order valence-corrected chi connectivity index (χ1v) is 10.8. The molecule has 0 N–H and O–H groups in total. The van der Waals surface area contributed by atoms with Gasteiger partial charge in [0.15, 0.2) is 0 Å². The molecule has 0 atom stereocenters. The summed E-state index contributed by atoms with van der Waals surface area (Å²) in [5, 5.41) is 5.64. The van der Waals surface area contributed by atoms with Crippen molar-refractivity contribution in [3.63, 3.8) is 0 Å². The van der Waals surface area contributed by atoms with Crippen LogP contribution in [-0.4, -0.2) is 0 Å². The highest BCUT2D eigenvalue weighted by Gasteiger charge is 2.17. The predicted octanol–water partition coefficient (Wildman–Crippen LogP) is 8.05. The van der Waals surface area contributed by atoms with E-state index in [4.69, 9.17) is 0 Å². The van der Waals surface area contributed by atoms with Gasteiger partial charge in [0.25, 0.3) is 0 Å². The molecule has 144 valence electrons. The molecule has 0 unspecified atom stereocenters. The van der Waals surface area contributed by atoms with E-state index < -0.39 is 0 Å². The topological polar surface area (TPSA) is 0 Å². The van der Waals surface area contributed by atoms with E-state index in [1.165, 1.54) is 72.5 Å². The largest absolute Gasteiger partial charge is 0.0616 e. The van der Waals surface area contributed by atoms with Gasteiger partial charge in [-0.1, -0.05) is 60.7 Å². The van der Waals surface area contributed by atoms with Crippen molar-refractivity contribution < 1.29 is 0 Å². The molecule has 29 heavy (non-hydrogen) atoms. The lowest BCUT2D eigenvalue weighted by molar-refractivity contribution is 0.821. The minimum Gasteiger partial charge on any atom is -0.0616 e. The van der Waals surface area contributed by atoms with Crippen LogP contribution >= 0.6 is 0 Å². The Morgan fingerprint density at radius 2 is 0.897 bits per heavy atom. The van der Waals surface area contributed by atoms with E-state index in [2.05, 4.69) is 88.4 Å². The number of allylic oxidation sites excluding steroid dienone is 2. The van der Waals surface area contributed by atoms with E-state index in [-0.39, 0.29) is 0 Å². The normalized spacial score (nSPS) is 16.8. The molecular weight excluding hydrogens is 348 g/mol. The highest BCUT2D eigenvalue weighted by Crippen LogP contribution is 2.39. The molecule has 0 heterocycles. The Morgan fingerprint density at radius 1 is 0.517 bits per heavy atom. The lowest BCUT2D eigenvalue weighted by atomic mass is 9.87. The summed E-state index contributed by atoms with van der Waals surface area (Å²) >= 11 is 0. The lowest BCUT2D eigenvalue weighted by Crippen LogP contribution is -1.98. The van der Waals surface area contributed by atoms with Crippen molar-refractivity contribution in [1.82, 2.24) is 0 Å². The first-order valence-electron chi connectivity index (χ1n) is 10.8. The van der Waals surface area contributed by atoms with Gasteiger partial charge < -0.3 is 0 Å². The SMILES string of the molecule is C/C1=C(\C)c2cc(C)c(c3ccccc23)CCCc2c(C)cc1c1ccccc21. The molecule has 0 saturated heterocycles. The van der Waals surface area contributed by atoms with Crippen molar-refractivity contribution in [2.75, 3.05) is 0 Å². The van der Waals surface area contributed by atoms with Crippen LogP contribution in [-0.2, 0) is 12.8 Å². The summed E-state index contributed by atoms with van der Waals surface area (Å²) < 4.78 is 0. The zero-order valence-corrected chi connectivity index (χ0v) is 17.9. The van der Waals surface area contributed by atoms with E-state index in [1.807, 2.05) is 0 Å². The van der Waals surface area contributed by atoms with Gasteiger partial charge in [0, 0.05) is 0 Å². The van der Waals surface area contributed by atoms with Crippen LogP contribution in [0.15, 0.2) is 60.7 Å². The van der Waals surface area contributed by atoms with Crippen LogP contribution in [0.5, 0.6) is 0 Å². The van der Waals surface area contributed by atoms with Crippen LogP contribution in [0.4, 0.5) is 0 Å². The number of fused-ring (bicyclic) bond motifs is 12. The minimum atomic E-state index is 1.13. The highest BCUT2D eigenvalue weighted by molar-refractivity contribution is 6.06. The smallest absolute Gasteiger partial charge is 0.0106 e. The summed E-state index contributed by atoms with van der Waals surface area (Å²) in [5.74, 6) is 0. The molecule has 0 nitrogen and oxygen atoms in total. The third-order valence-electron chi connectivity index (χ3n) is 6.98. The average molecular weight is 377 g/mol. The summed E-state index contributed by atoms with van der Waals surface area (Å²) in [7, 11) is 0. The summed E-state index contributed by atoms with van der Waals surface area (Å²) in [6, 6.07) is 22.8. The Balaban J connectivity index is 1.93. The molecule has 0 amide bonds. The van der Waals surface area contributed by atoms with Crippen LogP contribution in [0.1, 0.15) is 53.6 Å². The molecule has 0 saturated carbocycles. The van der Waals surface area contributed by atoms with Crippen molar-refractivity contribution in [2.24, 2.45) is 0 Å². The molecule has 0 spiro atoms. The minimum absolute atomic E-state index is 1.13. The number of aryl methyl sites for hydroxylation is 4. The molecule has 0 radical (unpaired) electrons. The van der Waals surface area contributed by atoms with Crippen molar-refractivity contribution >= 4 is 32.7 Å². The zero-order valence-electron chi connectivity index (χ0n) is 17.9. The van der Waals surface area contributed by atoms with Gasteiger partial charge in [-0.05, 0) is 113 Å². The molecule has 4 aromatic rings. The summed E-state index contributed by atoms with van der Waals surface area (Å²) in [5.41, 5.74) is 11.4. The molecule has 0 aliphatic heterocycles. The Labute approximate surface area is 173 Å². The quantitative estimate of drug-likeness (QED) is 0.291. The first kappa shape index (κ1) is 18.2. The Kier molecular flexibility index (Phi) is 4.32. The van der Waals surface area contributed by atoms with Crippen LogP contribution in [0.2, 0.25) is 0 Å². The Bertz CT molecular complexity index is 1200. The van der Waals surface area contributed by atoms with Gasteiger partial charge in [-0.2, -0.15) is 0 Å². The number of hydrogen-bond donors (Lipinski definition) is 0. The van der Waals surface area contributed by atoms with E-state index in [1.54, 1.807) is 0 Å². The summed E-state index contributed by atoms with van der Waals surface area (Å²) in [4.78, 5) is 0. The standard InChI is InChI=1S/C29H28/c1-18-16-28-20(3)21(4)29-17-19(2)23(25-11-6-8-13-27(25)29)15-9-14-22(18)24-10-5-7-12-26(24)28/h5-8,10-13,16-17H,9,14-15H2,1-4H3/b21-20-. The molecule has 5 rings (SSSR count). The van der Waals surface area contributed by atoms with Crippen molar-refractivity contribution in [1.29, 1.82) is 0 Å². The van der Waals surface area contributed by atoms with Crippen molar-refractivity contribution in [3.05, 3.63) is 94.0 Å². The number of rotatable bonds is 0. The lowest BCUT2D eigenvalue weighted by Gasteiger charge is -2.18. The van der Waals surface area contributed by atoms with E-state index in [9.17, 15) is 0 Å². The van der Waals surface area contributed by atoms with E-state index in [0.29, 0.717) is 0 Å². The first-order chi connectivity index (χ1) is 14.1. The van der Waals surface area contributed by atoms with Gasteiger partial charge in [-0.25, -0.2) is 0 Å². The summed E-state index contributed by atoms with van der Waals surface area (Å²) in [6.07, 6.45) is 3.44. The molecule has 4 bridgehead atoms. The third-order valence-corrected chi connectivity index (χ3v) is 6.98. The van der Waals surface area contributed by atoms with Gasteiger partial charge in [0.1, 0.15) is 0 Å². The highest BCUT2D eigenvalue weighted by atomic mass is 14.2. The van der Waals surface area contributed by atoms with Crippen LogP contribution < -0.4 is 0 Å². The summed E-state index contributed by atoms with van der Waals surface area (Å²) in [6.45, 7) is 9.18. The van der Waals surface area contributed by atoms with Crippen LogP contribution in [0.25, 0.3) is 32.7 Å². The fraction of sp³-hybridized carbons (Fsp3) is 0.241. The van der Waals surface area contributed by atoms with Gasteiger partial charge in [0.2, 0.25) is 0 Å². The zero-order chi connectivity index (χ0) is 20.1. The predicted molar refractivity (Wildman–Crippen MR) is 128 cm³/mol. The molecule has 0 heteroatoms. The average Bonchev–Trinajstić information content (AvgIpc) is 2.75. The monoisotopic (exact) mass is 376 g/mol. The second-order valence-corrected chi connectivity index (χ2v) is 8.63.